The molecule has 4 atom stereocenters. The molecule has 0 nitrogen and oxygen atoms in total. The second-order valence-corrected chi connectivity index (χ2v) is 9.46. The largest absolute Gasteiger partial charge is 0.206 e. The first-order chi connectivity index (χ1) is 14.5. The number of hydrogen-bond acceptors (Lipinski definition) is 0. The van der Waals surface area contributed by atoms with Gasteiger partial charge >= 0.3 is 0 Å². The first kappa shape index (κ1) is 21.5. The molecule has 2 unspecified atom stereocenters. The van der Waals surface area contributed by atoms with Crippen LogP contribution in [0.3, 0.4) is 0 Å². The van der Waals surface area contributed by atoms with Crippen molar-refractivity contribution in [2.75, 3.05) is 0 Å². The summed E-state index contributed by atoms with van der Waals surface area (Å²) in [5.41, 5.74) is 0.900. The summed E-state index contributed by atoms with van der Waals surface area (Å²) in [7, 11) is 0. The normalized spacial score (nSPS) is 27.0. The Balaban J connectivity index is 1.61. The SMILES string of the molecule is C/C=C/CCc1ccc2cc([C@@H]3CC[C@@H]4CC(CC)CCC4C3)c(F)c(F)c2c1F. The number of fused-ring (bicyclic) bond motifs is 2. The summed E-state index contributed by atoms with van der Waals surface area (Å²) >= 11 is 0. The maximum absolute atomic E-state index is 15.1. The van der Waals surface area contributed by atoms with E-state index in [1.54, 1.807) is 18.2 Å². The summed E-state index contributed by atoms with van der Waals surface area (Å²) in [4.78, 5) is 0. The molecule has 3 heteroatoms. The minimum absolute atomic E-state index is 0.0424. The molecule has 0 bridgehead atoms. The van der Waals surface area contributed by atoms with Crippen molar-refractivity contribution in [2.24, 2.45) is 17.8 Å². The number of rotatable bonds is 5. The quantitative estimate of drug-likeness (QED) is 0.430. The summed E-state index contributed by atoms with van der Waals surface area (Å²) in [6, 6.07) is 5.20. The highest BCUT2D eigenvalue weighted by atomic mass is 19.2. The van der Waals surface area contributed by atoms with Gasteiger partial charge in [-0.25, -0.2) is 13.2 Å². The summed E-state index contributed by atoms with van der Waals surface area (Å²) in [5, 5.41) is 0.291. The summed E-state index contributed by atoms with van der Waals surface area (Å²) in [5.74, 6) is -0.215. The molecule has 0 aliphatic heterocycles. The molecule has 0 heterocycles. The zero-order valence-corrected chi connectivity index (χ0v) is 18.2. The van der Waals surface area contributed by atoms with Gasteiger partial charge < -0.3 is 0 Å². The molecule has 4 rings (SSSR count). The van der Waals surface area contributed by atoms with Gasteiger partial charge in [-0.1, -0.05) is 44.1 Å². The predicted octanol–water partition coefficient (Wildman–Crippen LogP) is 8.48. The van der Waals surface area contributed by atoms with Crippen LogP contribution >= 0.6 is 0 Å². The number of halogens is 3. The summed E-state index contributed by atoms with van der Waals surface area (Å²) < 4.78 is 45.1. The van der Waals surface area contributed by atoms with Gasteiger partial charge in [0.05, 0.1) is 5.39 Å². The molecule has 0 saturated heterocycles. The smallest absolute Gasteiger partial charge is 0.169 e. The van der Waals surface area contributed by atoms with Crippen molar-refractivity contribution in [1.29, 1.82) is 0 Å². The first-order valence-electron chi connectivity index (χ1n) is 11.7. The predicted molar refractivity (Wildman–Crippen MR) is 118 cm³/mol. The second kappa shape index (κ2) is 9.16. The van der Waals surface area contributed by atoms with Crippen LogP contribution in [-0.2, 0) is 6.42 Å². The van der Waals surface area contributed by atoms with Crippen LogP contribution in [0.15, 0.2) is 30.4 Å². The van der Waals surface area contributed by atoms with Crippen LogP contribution in [0.2, 0.25) is 0 Å². The van der Waals surface area contributed by atoms with Gasteiger partial charge in [-0.3, -0.25) is 0 Å². The molecule has 0 spiro atoms. The van der Waals surface area contributed by atoms with Gasteiger partial charge in [-0.05, 0) is 98.1 Å². The van der Waals surface area contributed by atoms with Gasteiger partial charge in [-0.2, -0.15) is 0 Å². The molecule has 2 fully saturated rings. The Morgan fingerprint density at radius 1 is 0.933 bits per heavy atom. The van der Waals surface area contributed by atoms with Crippen LogP contribution in [0.25, 0.3) is 10.8 Å². The highest BCUT2D eigenvalue weighted by Gasteiger charge is 2.36. The molecule has 2 aromatic rings. The highest BCUT2D eigenvalue weighted by Crippen LogP contribution is 2.49. The fraction of sp³-hybridized carbons (Fsp3) is 0.556. The van der Waals surface area contributed by atoms with Gasteiger partial charge in [0.1, 0.15) is 5.82 Å². The maximum atomic E-state index is 15.1. The Kier molecular flexibility index (Phi) is 6.55. The molecule has 2 aromatic carbocycles. The minimum Gasteiger partial charge on any atom is -0.206 e. The minimum atomic E-state index is -1.01. The lowest BCUT2D eigenvalue weighted by Gasteiger charge is -2.42. The Labute approximate surface area is 178 Å². The van der Waals surface area contributed by atoms with E-state index in [9.17, 15) is 4.39 Å². The lowest BCUT2D eigenvalue weighted by Crippen LogP contribution is -2.30. The van der Waals surface area contributed by atoms with E-state index in [4.69, 9.17) is 0 Å². The standard InChI is InChI=1S/C27H33F3/c1-3-5-6-7-18-10-13-22-16-23(26(29)27(30)24(22)25(18)28)21-12-11-19-14-17(4-2)8-9-20(19)15-21/h3,5,10,13,16-17,19-21H,4,6-9,11-12,14-15H2,1-2H3/b5-3+/t17?,19-,20?,21-/m1/s1. The molecule has 0 radical (unpaired) electrons. The Morgan fingerprint density at radius 2 is 1.70 bits per heavy atom. The van der Waals surface area contributed by atoms with E-state index in [-0.39, 0.29) is 11.3 Å². The molecule has 0 N–H and O–H groups in total. The van der Waals surface area contributed by atoms with Gasteiger partial charge in [-0.15, -0.1) is 0 Å². The van der Waals surface area contributed by atoms with Crippen LogP contribution in [0.1, 0.15) is 82.3 Å². The third-order valence-electron chi connectivity index (χ3n) is 7.79. The monoisotopic (exact) mass is 414 g/mol. The number of hydrogen-bond donors (Lipinski definition) is 0. The fourth-order valence-electron chi connectivity index (χ4n) is 5.98. The molecular formula is C27H33F3. The topological polar surface area (TPSA) is 0 Å². The van der Waals surface area contributed by atoms with Crippen molar-refractivity contribution in [2.45, 2.75) is 77.6 Å². The van der Waals surface area contributed by atoms with Crippen molar-refractivity contribution >= 4 is 10.8 Å². The van der Waals surface area contributed by atoms with Crippen LogP contribution in [-0.4, -0.2) is 0 Å². The van der Waals surface area contributed by atoms with Crippen LogP contribution in [0.4, 0.5) is 13.2 Å². The first-order valence-corrected chi connectivity index (χ1v) is 11.7. The van der Waals surface area contributed by atoms with E-state index >= 15 is 8.78 Å². The average Bonchev–Trinajstić information content (AvgIpc) is 2.77. The molecule has 30 heavy (non-hydrogen) atoms. The van der Waals surface area contributed by atoms with Crippen LogP contribution in [0.5, 0.6) is 0 Å². The summed E-state index contributed by atoms with van der Waals surface area (Å²) in [6.45, 7) is 4.19. The van der Waals surface area contributed by atoms with Gasteiger partial charge in [0.25, 0.3) is 0 Å². The molecule has 2 aliphatic rings. The molecule has 0 aromatic heterocycles. The van der Waals surface area contributed by atoms with E-state index in [2.05, 4.69) is 6.92 Å². The molecule has 0 amide bonds. The van der Waals surface area contributed by atoms with Gasteiger partial charge in [0.2, 0.25) is 0 Å². The third kappa shape index (κ3) is 4.05. The van der Waals surface area contributed by atoms with Crippen LogP contribution in [0, 0.1) is 35.2 Å². The van der Waals surface area contributed by atoms with Crippen molar-refractivity contribution in [1.82, 2.24) is 0 Å². The van der Waals surface area contributed by atoms with Crippen LogP contribution < -0.4 is 0 Å². The third-order valence-corrected chi connectivity index (χ3v) is 7.79. The van der Waals surface area contributed by atoms with E-state index in [1.807, 2.05) is 19.1 Å². The Hall–Kier alpha value is -1.77. The van der Waals surface area contributed by atoms with Gasteiger partial charge in [0, 0.05) is 0 Å². The molecule has 2 saturated carbocycles. The lowest BCUT2D eigenvalue weighted by atomic mass is 9.63. The van der Waals surface area contributed by atoms with Crippen molar-refractivity contribution in [3.05, 3.63) is 58.9 Å². The average molecular weight is 415 g/mol. The second-order valence-electron chi connectivity index (χ2n) is 9.46. The molecule has 2 aliphatic carbocycles. The maximum Gasteiger partial charge on any atom is 0.169 e. The van der Waals surface area contributed by atoms with E-state index < -0.39 is 17.5 Å². The Bertz CT molecular complexity index is 930. The fourth-order valence-corrected chi connectivity index (χ4v) is 5.98. The van der Waals surface area contributed by atoms with Crippen molar-refractivity contribution in [3.8, 4) is 0 Å². The number of benzene rings is 2. The zero-order valence-electron chi connectivity index (χ0n) is 18.2. The van der Waals surface area contributed by atoms with E-state index in [0.717, 1.165) is 31.1 Å². The van der Waals surface area contributed by atoms with E-state index in [1.165, 1.54) is 25.7 Å². The van der Waals surface area contributed by atoms with Crippen molar-refractivity contribution < 1.29 is 13.2 Å². The molecule has 162 valence electrons. The summed E-state index contributed by atoms with van der Waals surface area (Å²) in [6.07, 6.45) is 13.0. The highest BCUT2D eigenvalue weighted by molar-refractivity contribution is 5.85. The van der Waals surface area contributed by atoms with E-state index in [0.29, 0.717) is 35.3 Å². The van der Waals surface area contributed by atoms with Gasteiger partial charge in [0.15, 0.2) is 11.6 Å². The number of allylic oxidation sites excluding steroid dienone is 2. The zero-order chi connectivity index (χ0) is 21.3. The van der Waals surface area contributed by atoms with Crippen molar-refractivity contribution in [3.63, 3.8) is 0 Å². The molecular weight excluding hydrogens is 381 g/mol. The Morgan fingerprint density at radius 3 is 2.47 bits per heavy atom. The number of aryl methyl sites for hydroxylation is 1. The lowest BCUT2D eigenvalue weighted by molar-refractivity contribution is 0.115.